The van der Waals surface area contributed by atoms with Gasteiger partial charge in [-0.05, 0) is 38.3 Å². The molecule has 1 heterocycles. The Morgan fingerprint density at radius 3 is 2.89 bits per heavy atom. The van der Waals surface area contributed by atoms with Crippen LogP contribution < -0.4 is 5.32 Å². The Labute approximate surface area is 119 Å². The van der Waals surface area contributed by atoms with E-state index in [0.29, 0.717) is 6.04 Å². The second-order valence-electron chi connectivity index (χ2n) is 4.93. The number of rotatable bonds is 5. The standard InChI is InChI=1S/C16H19ClN2/c1-12-4-3-5-14(10-12)7-6-13(2)19-16-11-18-9-8-15(16)17/h3-5,8-11,13,19H,6-7H2,1-2H3. The van der Waals surface area contributed by atoms with Crippen LogP contribution in [-0.2, 0) is 6.42 Å². The second-order valence-corrected chi connectivity index (χ2v) is 5.34. The molecule has 1 N–H and O–H groups in total. The zero-order valence-corrected chi connectivity index (χ0v) is 12.1. The van der Waals surface area contributed by atoms with E-state index < -0.39 is 0 Å². The Balaban J connectivity index is 1.88. The molecule has 0 bridgehead atoms. The second kappa shape index (κ2) is 6.58. The molecule has 1 atom stereocenters. The Morgan fingerprint density at radius 1 is 1.32 bits per heavy atom. The van der Waals surface area contributed by atoms with E-state index in [1.165, 1.54) is 11.1 Å². The normalized spacial score (nSPS) is 12.2. The lowest BCUT2D eigenvalue weighted by Crippen LogP contribution is -2.16. The van der Waals surface area contributed by atoms with Crippen LogP contribution in [0, 0.1) is 6.92 Å². The Kier molecular flexibility index (Phi) is 4.80. The third-order valence-corrected chi connectivity index (χ3v) is 3.45. The highest BCUT2D eigenvalue weighted by Crippen LogP contribution is 2.21. The zero-order chi connectivity index (χ0) is 13.7. The summed E-state index contributed by atoms with van der Waals surface area (Å²) in [6.45, 7) is 4.29. The SMILES string of the molecule is Cc1cccc(CCC(C)Nc2cnccc2Cl)c1. The summed E-state index contributed by atoms with van der Waals surface area (Å²) < 4.78 is 0. The molecule has 19 heavy (non-hydrogen) atoms. The molecule has 0 saturated carbocycles. The summed E-state index contributed by atoms with van der Waals surface area (Å²) in [7, 11) is 0. The van der Waals surface area contributed by atoms with Gasteiger partial charge in [-0.2, -0.15) is 0 Å². The summed E-state index contributed by atoms with van der Waals surface area (Å²) in [6.07, 6.45) is 5.60. The number of halogens is 1. The van der Waals surface area contributed by atoms with Crippen molar-refractivity contribution in [3.63, 3.8) is 0 Å². The summed E-state index contributed by atoms with van der Waals surface area (Å²) in [5.41, 5.74) is 3.60. The number of pyridine rings is 1. The lowest BCUT2D eigenvalue weighted by Gasteiger charge is -2.16. The molecule has 0 fully saturated rings. The molecule has 0 aliphatic rings. The first-order valence-electron chi connectivity index (χ1n) is 6.57. The third-order valence-electron chi connectivity index (χ3n) is 3.12. The van der Waals surface area contributed by atoms with Gasteiger partial charge in [0.2, 0.25) is 0 Å². The molecule has 0 aliphatic carbocycles. The molecule has 2 aromatic rings. The first-order chi connectivity index (χ1) is 9.15. The molecule has 1 aromatic heterocycles. The van der Waals surface area contributed by atoms with Crippen molar-refractivity contribution in [1.82, 2.24) is 4.98 Å². The van der Waals surface area contributed by atoms with Crippen molar-refractivity contribution in [1.29, 1.82) is 0 Å². The number of aryl methyl sites for hydroxylation is 2. The van der Waals surface area contributed by atoms with E-state index in [4.69, 9.17) is 11.6 Å². The van der Waals surface area contributed by atoms with Gasteiger partial charge in [-0.1, -0.05) is 41.4 Å². The van der Waals surface area contributed by atoms with Gasteiger partial charge in [-0.25, -0.2) is 0 Å². The minimum absolute atomic E-state index is 0.363. The minimum atomic E-state index is 0.363. The molecule has 0 radical (unpaired) electrons. The highest BCUT2D eigenvalue weighted by atomic mass is 35.5. The summed E-state index contributed by atoms with van der Waals surface area (Å²) in [5, 5.41) is 4.12. The van der Waals surface area contributed by atoms with Gasteiger partial charge in [0, 0.05) is 12.2 Å². The minimum Gasteiger partial charge on any atom is -0.380 e. The van der Waals surface area contributed by atoms with Crippen LogP contribution in [0.2, 0.25) is 5.02 Å². The van der Waals surface area contributed by atoms with Gasteiger partial charge >= 0.3 is 0 Å². The molecule has 1 unspecified atom stereocenters. The summed E-state index contributed by atoms with van der Waals surface area (Å²) in [4.78, 5) is 4.08. The summed E-state index contributed by atoms with van der Waals surface area (Å²) >= 11 is 6.10. The molecule has 3 heteroatoms. The van der Waals surface area contributed by atoms with Gasteiger partial charge in [-0.15, -0.1) is 0 Å². The summed E-state index contributed by atoms with van der Waals surface area (Å²) in [6, 6.07) is 10.8. The molecule has 0 aliphatic heterocycles. The molecule has 0 amide bonds. The van der Waals surface area contributed by atoms with Gasteiger partial charge in [0.05, 0.1) is 16.9 Å². The quantitative estimate of drug-likeness (QED) is 0.870. The Bertz CT molecular complexity index is 540. The fourth-order valence-electron chi connectivity index (χ4n) is 2.07. The highest BCUT2D eigenvalue weighted by molar-refractivity contribution is 6.33. The molecule has 0 saturated heterocycles. The largest absolute Gasteiger partial charge is 0.380 e. The van der Waals surface area contributed by atoms with E-state index in [-0.39, 0.29) is 0 Å². The van der Waals surface area contributed by atoms with Crippen molar-refractivity contribution in [2.24, 2.45) is 0 Å². The van der Waals surface area contributed by atoms with Gasteiger partial charge in [-0.3, -0.25) is 4.98 Å². The van der Waals surface area contributed by atoms with E-state index >= 15 is 0 Å². The predicted molar refractivity (Wildman–Crippen MR) is 81.8 cm³/mol. The molecule has 1 aromatic carbocycles. The molecule has 0 spiro atoms. The Morgan fingerprint density at radius 2 is 2.16 bits per heavy atom. The molecule has 2 nitrogen and oxygen atoms in total. The number of hydrogen-bond donors (Lipinski definition) is 1. The lowest BCUT2D eigenvalue weighted by atomic mass is 10.0. The van der Waals surface area contributed by atoms with Crippen LogP contribution in [0.5, 0.6) is 0 Å². The number of nitrogens with one attached hydrogen (secondary N) is 1. The summed E-state index contributed by atoms with van der Waals surface area (Å²) in [5.74, 6) is 0. The highest BCUT2D eigenvalue weighted by Gasteiger charge is 2.05. The van der Waals surface area contributed by atoms with Gasteiger partial charge in [0.1, 0.15) is 0 Å². The van der Waals surface area contributed by atoms with Gasteiger partial charge in [0.25, 0.3) is 0 Å². The van der Waals surface area contributed by atoms with E-state index in [1.807, 2.05) is 0 Å². The smallest absolute Gasteiger partial charge is 0.0718 e. The monoisotopic (exact) mass is 274 g/mol. The van der Waals surface area contributed by atoms with Crippen LogP contribution in [0.4, 0.5) is 5.69 Å². The number of aromatic nitrogens is 1. The first kappa shape index (κ1) is 13.9. The maximum atomic E-state index is 6.10. The van der Waals surface area contributed by atoms with E-state index in [0.717, 1.165) is 23.6 Å². The number of anilines is 1. The van der Waals surface area contributed by atoms with Crippen LogP contribution >= 0.6 is 11.6 Å². The average molecular weight is 275 g/mol. The van der Waals surface area contributed by atoms with Crippen molar-refractivity contribution in [3.8, 4) is 0 Å². The van der Waals surface area contributed by atoms with Gasteiger partial charge < -0.3 is 5.32 Å². The molecular formula is C16H19ClN2. The van der Waals surface area contributed by atoms with Crippen molar-refractivity contribution >= 4 is 17.3 Å². The molecule has 100 valence electrons. The van der Waals surface area contributed by atoms with Crippen LogP contribution in [-0.4, -0.2) is 11.0 Å². The maximum Gasteiger partial charge on any atom is 0.0718 e. The van der Waals surface area contributed by atoms with Crippen LogP contribution in [0.1, 0.15) is 24.5 Å². The topological polar surface area (TPSA) is 24.9 Å². The first-order valence-corrected chi connectivity index (χ1v) is 6.94. The van der Waals surface area contributed by atoms with Crippen LogP contribution in [0.15, 0.2) is 42.7 Å². The fourth-order valence-corrected chi connectivity index (χ4v) is 2.23. The van der Waals surface area contributed by atoms with E-state index in [1.54, 1.807) is 18.5 Å². The van der Waals surface area contributed by atoms with Crippen molar-refractivity contribution in [2.75, 3.05) is 5.32 Å². The number of benzene rings is 1. The van der Waals surface area contributed by atoms with Crippen LogP contribution in [0.25, 0.3) is 0 Å². The van der Waals surface area contributed by atoms with E-state index in [9.17, 15) is 0 Å². The van der Waals surface area contributed by atoms with Crippen molar-refractivity contribution < 1.29 is 0 Å². The third kappa shape index (κ3) is 4.25. The zero-order valence-electron chi connectivity index (χ0n) is 11.4. The van der Waals surface area contributed by atoms with Crippen LogP contribution in [0.3, 0.4) is 0 Å². The molecule has 2 rings (SSSR count). The van der Waals surface area contributed by atoms with Crippen molar-refractivity contribution in [3.05, 3.63) is 58.9 Å². The average Bonchev–Trinajstić information content (AvgIpc) is 2.39. The molecular weight excluding hydrogens is 256 g/mol. The number of hydrogen-bond acceptors (Lipinski definition) is 2. The maximum absolute atomic E-state index is 6.10. The fraction of sp³-hybridized carbons (Fsp3) is 0.312. The Hall–Kier alpha value is -1.54. The predicted octanol–water partition coefficient (Wildman–Crippen LogP) is 4.48. The van der Waals surface area contributed by atoms with Gasteiger partial charge in [0.15, 0.2) is 0 Å². The van der Waals surface area contributed by atoms with E-state index in [2.05, 4.69) is 48.4 Å². The lowest BCUT2D eigenvalue weighted by molar-refractivity contribution is 0.705. The number of nitrogens with zero attached hydrogens (tertiary/aromatic N) is 1. The van der Waals surface area contributed by atoms with Crippen molar-refractivity contribution in [2.45, 2.75) is 32.7 Å².